The van der Waals surface area contributed by atoms with E-state index >= 15 is 0 Å². The van der Waals surface area contributed by atoms with E-state index in [9.17, 15) is 0 Å². The largest absolute Gasteiger partial charge is 0.354 e. The normalized spacial score (nSPS) is 11.2. The van der Waals surface area contributed by atoms with Crippen LogP contribution in [0.4, 0.5) is 5.82 Å². The molecule has 0 saturated carbocycles. The van der Waals surface area contributed by atoms with E-state index < -0.39 is 0 Å². The van der Waals surface area contributed by atoms with E-state index in [1.807, 2.05) is 0 Å². The summed E-state index contributed by atoms with van der Waals surface area (Å²) in [6, 6.07) is 2.51. The molecule has 0 atom stereocenters. The molecule has 0 aliphatic rings. The lowest BCUT2D eigenvalue weighted by molar-refractivity contribution is 0.645. The highest BCUT2D eigenvalue weighted by atomic mass is 15.2. The lowest BCUT2D eigenvalue weighted by Crippen LogP contribution is -2.33. The van der Waals surface area contributed by atoms with Crippen LogP contribution in [0.15, 0.2) is 12.4 Å². The molecule has 17 heavy (non-hydrogen) atoms. The second kappa shape index (κ2) is 6.55. The molecule has 96 valence electrons. The summed E-state index contributed by atoms with van der Waals surface area (Å²) in [7, 11) is 0. The molecular weight excluding hydrogens is 212 g/mol. The van der Waals surface area contributed by atoms with Crippen molar-refractivity contribution in [1.82, 2.24) is 9.97 Å². The van der Waals surface area contributed by atoms with E-state index in [4.69, 9.17) is 5.73 Å². The molecule has 1 aromatic rings. The summed E-state index contributed by atoms with van der Waals surface area (Å²) in [6.45, 7) is 10.3. The highest BCUT2D eigenvalue weighted by Crippen LogP contribution is 2.18. The first-order chi connectivity index (χ1) is 8.06. The molecule has 0 amide bonds. The van der Waals surface area contributed by atoms with E-state index in [0.29, 0.717) is 18.5 Å². The molecule has 1 rings (SSSR count). The highest BCUT2D eigenvalue weighted by Gasteiger charge is 2.13. The smallest absolute Gasteiger partial charge is 0.132 e. The van der Waals surface area contributed by atoms with Crippen LogP contribution in [-0.2, 0) is 0 Å². The van der Waals surface area contributed by atoms with Gasteiger partial charge in [0.2, 0.25) is 0 Å². The number of rotatable bonds is 6. The second-order valence-corrected chi connectivity index (χ2v) is 4.89. The van der Waals surface area contributed by atoms with Crippen molar-refractivity contribution in [2.45, 2.75) is 46.1 Å². The van der Waals surface area contributed by atoms with Gasteiger partial charge in [0.25, 0.3) is 0 Å². The molecule has 0 bridgehead atoms. The topological polar surface area (TPSA) is 55.0 Å². The molecule has 4 heteroatoms. The van der Waals surface area contributed by atoms with Crippen molar-refractivity contribution in [3.05, 3.63) is 18.1 Å². The second-order valence-electron chi connectivity index (χ2n) is 4.89. The molecule has 0 spiro atoms. The van der Waals surface area contributed by atoms with Crippen LogP contribution in [0.2, 0.25) is 0 Å². The van der Waals surface area contributed by atoms with Crippen molar-refractivity contribution in [2.75, 3.05) is 18.0 Å². The fourth-order valence-electron chi connectivity index (χ4n) is 1.73. The van der Waals surface area contributed by atoms with Crippen LogP contribution in [0.25, 0.3) is 0 Å². The van der Waals surface area contributed by atoms with Crippen molar-refractivity contribution in [1.29, 1.82) is 0 Å². The van der Waals surface area contributed by atoms with Crippen LogP contribution in [0, 0.1) is 0 Å². The van der Waals surface area contributed by atoms with Gasteiger partial charge in [-0.15, -0.1) is 0 Å². The van der Waals surface area contributed by atoms with Gasteiger partial charge in [-0.3, -0.25) is 0 Å². The van der Waals surface area contributed by atoms with Crippen LogP contribution in [0.5, 0.6) is 0 Å². The summed E-state index contributed by atoms with van der Waals surface area (Å²) in [5.41, 5.74) is 6.66. The maximum atomic E-state index is 5.57. The van der Waals surface area contributed by atoms with Gasteiger partial charge in [-0.05, 0) is 32.7 Å². The van der Waals surface area contributed by atoms with Gasteiger partial charge >= 0.3 is 0 Å². The minimum Gasteiger partial charge on any atom is -0.354 e. The first-order valence-corrected chi connectivity index (χ1v) is 6.35. The minimum atomic E-state index is 0.427. The maximum Gasteiger partial charge on any atom is 0.132 e. The zero-order chi connectivity index (χ0) is 12.8. The summed E-state index contributed by atoms with van der Waals surface area (Å²) in [5, 5.41) is 0. The third kappa shape index (κ3) is 3.97. The Morgan fingerprint density at radius 3 is 2.47 bits per heavy atom. The van der Waals surface area contributed by atoms with Crippen molar-refractivity contribution in [2.24, 2.45) is 5.73 Å². The number of nitrogens with two attached hydrogens (primary N) is 1. The van der Waals surface area contributed by atoms with Crippen molar-refractivity contribution < 1.29 is 0 Å². The van der Waals surface area contributed by atoms with E-state index in [1.165, 1.54) is 0 Å². The number of hydrogen-bond donors (Lipinski definition) is 1. The number of anilines is 1. The zero-order valence-electron chi connectivity index (χ0n) is 11.3. The minimum absolute atomic E-state index is 0.427. The van der Waals surface area contributed by atoms with Gasteiger partial charge in [-0.25, -0.2) is 9.97 Å². The molecule has 2 N–H and O–H groups in total. The van der Waals surface area contributed by atoms with Crippen molar-refractivity contribution in [3.8, 4) is 0 Å². The average Bonchev–Trinajstić information content (AvgIpc) is 2.29. The van der Waals surface area contributed by atoms with Gasteiger partial charge in [0.05, 0.1) is 0 Å². The first kappa shape index (κ1) is 13.9. The predicted molar refractivity (Wildman–Crippen MR) is 72.3 cm³/mol. The van der Waals surface area contributed by atoms with Crippen LogP contribution >= 0.6 is 0 Å². The van der Waals surface area contributed by atoms with Crippen LogP contribution in [0.1, 0.15) is 45.7 Å². The van der Waals surface area contributed by atoms with Crippen molar-refractivity contribution in [3.63, 3.8) is 0 Å². The van der Waals surface area contributed by atoms with Crippen molar-refractivity contribution >= 4 is 5.82 Å². The third-order valence-corrected chi connectivity index (χ3v) is 2.79. The van der Waals surface area contributed by atoms with Gasteiger partial charge in [0.15, 0.2) is 0 Å². The number of nitrogens with zero attached hydrogens (tertiary/aromatic N) is 3. The van der Waals surface area contributed by atoms with Gasteiger partial charge in [-0.2, -0.15) is 0 Å². The Bertz CT molecular complexity index is 336. The van der Waals surface area contributed by atoms with Crippen LogP contribution in [0.3, 0.4) is 0 Å². The van der Waals surface area contributed by atoms with E-state index in [2.05, 4.69) is 48.6 Å². The standard InChI is InChI=1S/C13H24N4/c1-10(2)12-8-13(16-9-15-12)17(11(3)4)7-5-6-14/h8-11H,5-7,14H2,1-4H3. The Morgan fingerprint density at radius 1 is 1.24 bits per heavy atom. The predicted octanol–water partition coefficient (Wildman–Crippen LogP) is 2.16. The monoisotopic (exact) mass is 236 g/mol. The lowest BCUT2D eigenvalue weighted by atomic mass is 10.1. The zero-order valence-corrected chi connectivity index (χ0v) is 11.3. The first-order valence-electron chi connectivity index (χ1n) is 6.35. The lowest BCUT2D eigenvalue weighted by Gasteiger charge is -2.28. The maximum absolute atomic E-state index is 5.57. The molecule has 4 nitrogen and oxygen atoms in total. The summed E-state index contributed by atoms with van der Waals surface area (Å²) >= 11 is 0. The van der Waals surface area contributed by atoms with Gasteiger partial charge in [-0.1, -0.05) is 13.8 Å². The summed E-state index contributed by atoms with van der Waals surface area (Å²) < 4.78 is 0. The Kier molecular flexibility index (Phi) is 5.35. The molecule has 0 aliphatic carbocycles. The quantitative estimate of drug-likeness (QED) is 0.822. The Hall–Kier alpha value is -1.16. The Balaban J connectivity index is 2.89. The molecule has 0 aliphatic heterocycles. The van der Waals surface area contributed by atoms with Gasteiger partial charge < -0.3 is 10.6 Å². The summed E-state index contributed by atoms with van der Waals surface area (Å²) in [6.07, 6.45) is 2.64. The number of hydrogen-bond acceptors (Lipinski definition) is 4. The SMILES string of the molecule is CC(C)c1cc(N(CCCN)C(C)C)ncn1. The molecular formula is C13H24N4. The molecule has 0 fully saturated rings. The Labute approximate surface area is 104 Å². The van der Waals surface area contributed by atoms with E-state index in [1.54, 1.807) is 6.33 Å². The van der Waals surface area contributed by atoms with Gasteiger partial charge in [0, 0.05) is 24.3 Å². The summed E-state index contributed by atoms with van der Waals surface area (Å²) in [5.74, 6) is 1.44. The van der Waals surface area contributed by atoms with E-state index in [0.717, 1.165) is 24.5 Å². The molecule has 0 radical (unpaired) electrons. The molecule has 1 aromatic heterocycles. The fraction of sp³-hybridized carbons (Fsp3) is 0.692. The van der Waals surface area contributed by atoms with Crippen LogP contribution in [-0.4, -0.2) is 29.1 Å². The molecule has 0 saturated heterocycles. The molecule has 1 heterocycles. The third-order valence-electron chi connectivity index (χ3n) is 2.79. The molecule has 0 aromatic carbocycles. The Morgan fingerprint density at radius 2 is 1.94 bits per heavy atom. The fourth-order valence-corrected chi connectivity index (χ4v) is 1.73. The highest BCUT2D eigenvalue weighted by molar-refractivity contribution is 5.40. The van der Waals surface area contributed by atoms with Crippen LogP contribution < -0.4 is 10.6 Å². The summed E-state index contributed by atoms with van der Waals surface area (Å²) in [4.78, 5) is 10.9. The van der Waals surface area contributed by atoms with E-state index in [-0.39, 0.29) is 0 Å². The molecule has 0 unspecified atom stereocenters. The van der Waals surface area contributed by atoms with Gasteiger partial charge in [0.1, 0.15) is 12.1 Å². The number of aromatic nitrogens is 2. The average molecular weight is 236 g/mol.